The highest BCUT2D eigenvalue weighted by Crippen LogP contribution is 2.05. The number of nitrogens with zero attached hydrogens (tertiary/aromatic N) is 1. The number of carbonyl (C=O) groups excluding carboxylic acids is 2. The minimum absolute atomic E-state index is 0.0344. The lowest BCUT2D eigenvalue weighted by Gasteiger charge is -2.30. The maximum atomic E-state index is 11.2. The molecule has 74 valence electrons. The van der Waals surface area contributed by atoms with E-state index in [1.807, 2.05) is 6.92 Å². The first-order valence-electron chi connectivity index (χ1n) is 4.23. The summed E-state index contributed by atoms with van der Waals surface area (Å²) in [7, 11) is 1.31. The highest BCUT2D eigenvalue weighted by molar-refractivity contribution is 5.81. The van der Waals surface area contributed by atoms with E-state index in [1.54, 1.807) is 0 Å². The summed E-state index contributed by atoms with van der Waals surface area (Å²) in [6.07, 6.45) is 0. The van der Waals surface area contributed by atoms with Crippen LogP contribution in [-0.4, -0.2) is 43.6 Å². The molecule has 5 nitrogen and oxygen atoms in total. The molecule has 1 heterocycles. The molecule has 0 aromatic rings. The summed E-state index contributed by atoms with van der Waals surface area (Å²) in [5.74, 6) is -0.00777. The van der Waals surface area contributed by atoms with E-state index >= 15 is 0 Å². The van der Waals surface area contributed by atoms with Crippen LogP contribution in [0.1, 0.15) is 6.92 Å². The third-order valence-corrected chi connectivity index (χ3v) is 1.97. The van der Waals surface area contributed by atoms with Crippen molar-refractivity contribution in [2.24, 2.45) is 5.92 Å². The van der Waals surface area contributed by atoms with Crippen LogP contribution in [0.15, 0.2) is 0 Å². The van der Waals surface area contributed by atoms with Crippen LogP contribution in [0.3, 0.4) is 0 Å². The summed E-state index contributed by atoms with van der Waals surface area (Å²) >= 11 is 0. The molecule has 0 aliphatic carbocycles. The van der Waals surface area contributed by atoms with Crippen molar-refractivity contribution in [3.05, 3.63) is 0 Å². The van der Waals surface area contributed by atoms with Gasteiger partial charge in [0.1, 0.15) is 6.54 Å². The minimum Gasteiger partial charge on any atom is -0.468 e. The van der Waals surface area contributed by atoms with Crippen LogP contribution in [0.4, 0.5) is 4.79 Å². The van der Waals surface area contributed by atoms with Crippen LogP contribution in [-0.2, 0) is 9.53 Å². The quantitative estimate of drug-likeness (QED) is 0.609. The molecule has 5 heteroatoms. The van der Waals surface area contributed by atoms with Crippen molar-refractivity contribution in [1.82, 2.24) is 10.2 Å². The predicted octanol–water partition coefficient (Wildman–Crippen LogP) is -0.179. The number of nitrogens with one attached hydrogen (secondary N) is 1. The average Bonchev–Trinajstić information content (AvgIpc) is 2.11. The average molecular weight is 186 g/mol. The lowest BCUT2D eigenvalue weighted by atomic mass is 10.1. The molecule has 0 bridgehead atoms. The second kappa shape index (κ2) is 4.11. The zero-order chi connectivity index (χ0) is 9.84. The van der Waals surface area contributed by atoms with Gasteiger partial charge in [-0.1, -0.05) is 6.92 Å². The van der Waals surface area contributed by atoms with Gasteiger partial charge in [0.15, 0.2) is 0 Å². The van der Waals surface area contributed by atoms with Crippen LogP contribution >= 0.6 is 0 Å². The highest BCUT2D eigenvalue weighted by atomic mass is 16.5. The Morgan fingerprint density at radius 1 is 1.77 bits per heavy atom. The van der Waals surface area contributed by atoms with E-state index in [2.05, 4.69) is 10.1 Å². The Balaban J connectivity index is 2.46. The number of hydrogen-bond acceptors (Lipinski definition) is 3. The number of urea groups is 1. The first-order valence-corrected chi connectivity index (χ1v) is 4.23. The molecule has 0 aromatic heterocycles. The van der Waals surface area contributed by atoms with E-state index in [0.717, 1.165) is 0 Å². The Kier molecular flexibility index (Phi) is 3.11. The first kappa shape index (κ1) is 9.83. The molecule has 2 amide bonds. The van der Waals surface area contributed by atoms with E-state index in [-0.39, 0.29) is 18.5 Å². The molecule has 1 N–H and O–H groups in total. The number of rotatable bonds is 2. The van der Waals surface area contributed by atoms with E-state index in [9.17, 15) is 9.59 Å². The molecule has 0 spiro atoms. The fourth-order valence-electron chi connectivity index (χ4n) is 1.25. The second-order valence-electron chi connectivity index (χ2n) is 3.25. The monoisotopic (exact) mass is 186 g/mol. The van der Waals surface area contributed by atoms with Gasteiger partial charge < -0.3 is 15.0 Å². The summed E-state index contributed by atoms with van der Waals surface area (Å²) in [4.78, 5) is 23.5. The lowest BCUT2D eigenvalue weighted by molar-refractivity contribution is -0.141. The third kappa shape index (κ3) is 2.61. The van der Waals surface area contributed by atoms with Crippen molar-refractivity contribution < 1.29 is 14.3 Å². The number of esters is 1. The topological polar surface area (TPSA) is 58.6 Å². The predicted molar refractivity (Wildman–Crippen MR) is 46.2 cm³/mol. The standard InChI is InChI=1S/C8H14N2O3/c1-6-3-9-8(12)10(4-6)5-7(11)13-2/h6H,3-5H2,1-2H3,(H,9,12). The highest BCUT2D eigenvalue weighted by Gasteiger charge is 2.24. The number of amides is 2. The molecule has 1 atom stereocenters. The van der Waals surface area contributed by atoms with Gasteiger partial charge in [-0.15, -0.1) is 0 Å². The Morgan fingerprint density at radius 2 is 2.46 bits per heavy atom. The van der Waals surface area contributed by atoms with Crippen LogP contribution < -0.4 is 5.32 Å². The molecular weight excluding hydrogens is 172 g/mol. The number of methoxy groups -OCH3 is 1. The van der Waals surface area contributed by atoms with Gasteiger partial charge in [0.2, 0.25) is 0 Å². The summed E-state index contributed by atoms with van der Waals surface area (Å²) in [6.45, 7) is 3.34. The summed E-state index contributed by atoms with van der Waals surface area (Å²) < 4.78 is 4.48. The summed E-state index contributed by atoms with van der Waals surface area (Å²) in [5.41, 5.74) is 0. The van der Waals surface area contributed by atoms with Gasteiger partial charge in [0.05, 0.1) is 7.11 Å². The number of ether oxygens (including phenoxy) is 1. The molecule has 1 aliphatic rings. The maximum absolute atomic E-state index is 11.2. The fraction of sp³-hybridized carbons (Fsp3) is 0.750. The lowest BCUT2D eigenvalue weighted by Crippen LogP contribution is -2.51. The van der Waals surface area contributed by atoms with E-state index in [4.69, 9.17) is 0 Å². The molecule has 1 aliphatic heterocycles. The molecular formula is C8H14N2O3. The van der Waals surface area contributed by atoms with Crippen molar-refractivity contribution in [2.75, 3.05) is 26.7 Å². The van der Waals surface area contributed by atoms with Gasteiger partial charge in [0.25, 0.3) is 0 Å². The SMILES string of the molecule is COC(=O)CN1CC(C)CNC1=O. The van der Waals surface area contributed by atoms with Crippen LogP contribution in [0.2, 0.25) is 0 Å². The minimum atomic E-state index is -0.385. The Labute approximate surface area is 77.0 Å². The van der Waals surface area contributed by atoms with Gasteiger partial charge in [-0.2, -0.15) is 0 Å². The van der Waals surface area contributed by atoms with Crippen molar-refractivity contribution in [3.8, 4) is 0 Å². The Hall–Kier alpha value is -1.26. The molecule has 1 rings (SSSR count). The van der Waals surface area contributed by atoms with E-state index in [0.29, 0.717) is 19.0 Å². The van der Waals surface area contributed by atoms with E-state index in [1.165, 1.54) is 12.0 Å². The number of carbonyl (C=O) groups is 2. The van der Waals surface area contributed by atoms with Crippen molar-refractivity contribution in [2.45, 2.75) is 6.92 Å². The smallest absolute Gasteiger partial charge is 0.325 e. The molecule has 0 radical (unpaired) electrons. The molecule has 1 unspecified atom stereocenters. The molecule has 0 saturated carbocycles. The fourth-order valence-corrected chi connectivity index (χ4v) is 1.25. The summed E-state index contributed by atoms with van der Waals surface area (Å²) in [5, 5.41) is 2.69. The molecule has 0 aromatic carbocycles. The molecule has 13 heavy (non-hydrogen) atoms. The van der Waals surface area contributed by atoms with Gasteiger partial charge in [-0.3, -0.25) is 4.79 Å². The van der Waals surface area contributed by atoms with Crippen molar-refractivity contribution in [1.29, 1.82) is 0 Å². The van der Waals surface area contributed by atoms with Gasteiger partial charge in [0, 0.05) is 13.1 Å². The number of hydrogen-bond donors (Lipinski definition) is 1. The zero-order valence-corrected chi connectivity index (χ0v) is 7.87. The van der Waals surface area contributed by atoms with Crippen LogP contribution in [0.25, 0.3) is 0 Å². The van der Waals surface area contributed by atoms with Gasteiger partial charge in [-0.05, 0) is 5.92 Å². The third-order valence-electron chi connectivity index (χ3n) is 1.97. The largest absolute Gasteiger partial charge is 0.468 e. The van der Waals surface area contributed by atoms with Crippen molar-refractivity contribution >= 4 is 12.0 Å². The van der Waals surface area contributed by atoms with Crippen molar-refractivity contribution in [3.63, 3.8) is 0 Å². The summed E-state index contributed by atoms with van der Waals surface area (Å²) in [6, 6.07) is -0.191. The van der Waals surface area contributed by atoms with E-state index < -0.39 is 0 Å². The Morgan fingerprint density at radius 3 is 3.08 bits per heavy atom. The maximum Gasteiger partial charge on any atom is 0.325 e. The van der Waals surface area contributed by atoms with Crippen LogP contribution in [0.5, 0.6) is 0 Å². The zero-order valence-electron chi connectivity index (χ0n) is 7.87. The molecule has 1 fully saturated rings. The van der Waals surface area contributed by atoms with Gasteiger partial charge in [-0.25, -0.2) is 4.79 Å². The first-order chi connectivity index (χ1) is 6.13. The molecule has 1 saturated heterocycles. The van der Waals surface area contributed by atoms with Gasteiger partial charge >= 0.3 is 12.0 Å². The van der Waals surface area contributed by atoms with Crippen LogP contribution in [0, 0.1) is 5.92 Å². The second-order valence-corrected chi connectivity index (χ2v) is 3.25. The normalized spacial score (nSPS) is 22.5. The Bertz CT molecular complexity index is 217.